The van der Waals surface area contributed by atoms with E-state index in [9.17, 15) is 0 Å². The number of nitrogens with two attached hydrogens (primary N) is 4. The van der Waals surface area contributed by atoms with E-state index < -0.39 is 0 Å². The lowest BCUT2D eigenvalue weighted by molar-refractivity contribution is 0.462. The van der Waals surface area contributed by atoms with Crippen LogP contribution in [-0.2, 0) is 0 Å². The van der Waals surface area contributed by atoms with Gasteiger partial charge in [-0.05, 0) is 37.5 Å². The van der Waals surface area contributed by atoms with E-state index in [0.717, 1.165) is 51.6 Å². The first kappa shape index (κ1) is 33.5. The second-order valence-electron chi connectivity index (χ2n) is 9.48. The van der Waals surface area contributed by atoms with Crippen LogP contribution in [0, 0.1) is 11.8 Å². The molecule has 210 valence electrons. The first-order valence-electron chi connectivity index (χ1n) is 14.1. The fraction of sp³-hybridized carbons (Fsp3) is 0.846. The number of rotatable bonds is 19. The van der Waals surface area contributed by atoms with Gasteiger partial charge in [0.1, 0.15) is 0 Å². The lowest BCUT2D eigenvalue weighted by atomic mass is 10.00. The van der Waals surface area contributed by atoms with E-state index in [1.165, 1.54) is 38.5 Å². The first-order valence-corrected chi connectivity index (χ1v) is 14.1. The number of guanidine groups is 4. The molecule has 0 aliphatic heterocycles. The van der Waals surface area contributed by atoms with Gasteiger partial charge in [-0.3, -0.25) is 30.6 Å². The van der Waals surface area contributed by atoms with Crippen LogP contribution in [0.1, 0.15) is 105 Å². The van der Waals surface area contributed by atoms with Crippen molar-refractivity contribution in [3.63, 3.8) is 0 Å². The summed E-state index contributed by atoms with van der Waals surface area (Å²) in [7, 11) is 0. The average Bonchev–Trinajstić information content (AvgIpc) is 2.85. The highest BCUT2D eigenvalue weighted by Crippen LogP contribution is 2.13. The lowest BCUT2D eigenvalue weighted by Crippen LogP contribution is -2.42. The number of hydrogen-bond acceptors (Lipinski definition) is 4. The van der Waals surface area contributed by atoms with Gasteiger partial charge in [0.15, 0.2) is 23.8 Å². The summed E-state index contributed by atoms with van der Waals surface area (Å²) < 4.78 is 0. The summed E-state index contributed by atoms with van der Waals surface area (Å²) in [6.45, 7) is 11.5. The molecule has 0 aromatic rings. The minimum Gasteiger partial charge on any atom is -0.370 e. The molecule has 36 heavy (non-hydrogen) atoms. The summed E-state index contributed by atoms with van der Waals surface area (Å²) in [5.41, 5.74) is 23.7. The molecular weight excluding hydrogens is 452 g/mol. The van der Waals surface area contributed by atoms with Gasteiger partial charge in [-0.15, -0.1) is 0 Å². The van der Waals surface area contributed by atoms with Crippen molar-refractivity contribution < 1.29 is 0 Å². The van der Waals surface area contributed by atoms with Gasteiger partial charge in [0.2, 0.25) is 0 Å². The summed E-state index contributed by atoms with van der Waals surface area (Å²) >= 11 is 0. The van der Waals surface area contributed by atoms with Crippen LogP contribution in [0.25, 0.3) is 0 Å². The first-order chi connectivity index (χ1) is 17.4. The molecule has 10 N–H and O–H groups in total. The number of nitrogens with zero attached hydrogens (tertiary/aromatic N) is 4. The predicted molar refractivity (Wildman–Crippen MR) is 157 cm³/mol. The molecule has 0 radical (unpaired) electrons. The fourth-order valence-electron chi connectivity index (χ4n) is 3.69. The van der Waals surface area contributed by atoms with Gasteiger partial charge in [0, 0.05) is 26.2 Å². The third kappa shape index (κ3) is 19.8. The summed E-state index contributed by atoms with van der Waals surface area (Å²) in [6, 6.07) is 0. The summed E-state index contributed by atoms with van der Waals surface area (Å²) in [4.78, 5) is 17.5. The van der Waals surface area contributed by atoms with Gasteiger partial charge in [-0.1, -0.05) is 79.1 Å². The third-order valence-corrected chi connectivity index (χ3v) is 6.27. The number of nitrogens with one attached hydrogen (secondary N) is 2. The minimum atomic E-state index is 0.316. The lowest BCUT2D eigenvalue weighted by Gasteiger charge is -2.12. The third-order valence-electron chi connectivity index (χ3n) is 6.27. The van der Waals surface area contributed by atoms with Crippen LogP contribution in [0.3, 0.4) is 0 Å². The largest absolute Gasteiger partial charge is 0.370 e. The van der Waals surface area contributed by atoms with Crippen molar-refractivity contribution in [3.8, 4) is 0 Å². The Hall–Kier alpha value is -2.52. The number of hydrogen-bond donors (Lipinski definition) is 6. The van der Waals surface area contributed by atoms with Gasteiger partial charge >= 0.3 is 0 Å². The Kier molecular flexibility index (Phi) is 21.3. The van der Waals surface area contributed by atoms with Gasteiger partial charge in [-0.2, -0.15) is 0 Å². The Morgan fingerprint density at radius 1 is 0.528 bits per heavy atom. The van der Waals surface area contributed by atoms with Crippen molar-refractivity contribution in [2.45, 2.75) is 105 Å². The molecule has 0 fully saturated rings. The zero-order valence-electron chi connectivity index (χ0n) is 23.6. The smallest absolute Gasteiger partial charge is 0.195 e. The Morgan fingerprint density at radius 2 is 0.889 bits per heavy atom. The van der Waals surface area contributed by atoms with E-state index in [0.29, 0.717) is 48.8 Å². The van der Waals surface area contributed by atoms with E-state index in [2.05, 4.69) is 58.3 Å². The van der Waals surface area contributed by atoms with Gasteiger partial charge < -0.3 is 22.9 Å². The Morgan fingerprint density at radius 3 is 1.22 bits per heavy atom. The number of aliphatic imine (C=N–C) groups is 4. The summed E-state index contributed by atoms with van der Waals surface area (Å²) in [5, 5.41) is 5.76. The molecule has 0 spiro atoms. The molecule has 0 aromatic carbocycles. The van der Waals surface area contributed by atoms with Crippen LogP contribution in [0.15, 0.2) is 20.0 Å². The van der Waals surface area contributed by atoms with Crippen molar-refractivity contribution in [1.82, 2.24) is 10.6 Å². The molecule has 0 saturated carbocycles. The standard InChI is InChI=1S/C26H56N10/c1-5-9-15-21(7-3)19-33-25(29)35-23(27)31-17-13-11-12-14-18-32-24(28)36-26(30)34-20-22(8-4)16-10-6-2/h21-22H,5-20H2,1-4H3,(H5,27,29,31,33,35)(H5,28,30,32,34,36)/t21-,22-/m1/s1. The van der Waals surface area contributed by atoms with E-state index in [1.807, 2.05) is 0 Å². The van der Waals surface area contributed by atoms with E-state index in [1.54, 1.807) is 0 Å². The molecular formula is C26H56N10. The Labute approximate surface area is 220 Å². The summed E-state index contributed by atoms with van der Waals surface area (Å²) in [6.07, 6.45) is 13.4. The van der Waals surface area contributed by atoms with E-state index >= 15 is 0 Å². The van der Waals surface area contributed by atoms with Gasteiger partial charge in [-0.25, -0.2) is 0 Å². The molecule has 10 nitrogen and oxygen atoms in total. The molecule has 0 aromatic heterocycles. The maximum atomic E-state index is 5.93. The van der Waals surface area contributed by atoms with Crippen LogP contribution < -0.4 is 33.6 Å². The van der Waals surface area contributed by atoms with Crippen LogP contribution in [0.2, 0.25) is 0 Å². The van der Waals surface area contributed by atoms with Crippen molar-refractivity contribution in [2.24, 2.45) is 54.7 Å². The second kappa shape index (κ2) is 22.9. The molecule has 0 aliphatic carbocycles. The average molecular weight is 509 g/mol. The quantitative estimate of drug-likeness (QED) is 0.0884. The Balaban J connectivity index is 4.05. The topological polar surface area (TPSA) is 178 Å². The monoisotopic (exact) mass is 508 g/mol. The van der Waals surface area contributed by atoms with Crippen LogP contribution >= 0.6 is 0 Å². The van der Waals surface area contributed by atoms with Crippen LogP contribution in [0.5, 0.6) is 0 Å². The maximum absolute atomic E-state index is 5.93. The molecule has 0 heterocycles. The molecule has 0 amide bonds. The molecule has 0 unspecified atom stereocenters. The zero-order valence-corrected chi connectivity index (χ0v) is 23.6. The van der Waals surface area contributed by atoms with Crippen LogP contribution in [0.4, 0.5) is 0 Å². The SMILES string of the molecule is CCCC[C@@H](CC)CN=C(N)NC(N)=NCCCCCCN=C(N)NC(N)=NC[C@H](CC)CCCC. The molecule has 2 atom stereocenters. The van der Waals surface area contributed by atoms with E-state index in [-0.39, 0.29) is 0 Å². The highest BCUT2D eigenvalue weighted by atomic mass is 15.2. The predicted octanol–water partition coefficient (Wildman–Crippen LogP) is 3.42. The highest BCUT2D eigenvalue weighted by Gasteiger charge is 2.06. The normalized spacial score (nSPS) is 15.1. The molecule has 0 bridgehead atoms. The van der Waals surface area contributed by atoms with Gasteiger partial charge in [0.05, 0.1) is 0 Å². The van der Waals surface area contributed by atoms with E-state index in [4.69, 9.17) is 22.9 Å². The second-order valence-corrected chi connectivity index (χ2v) is 9.48. The molecule has 0 rings (SSSR count). The summed E-state index contributed by atoms with van der Waals surface area (Å²) in [5.74, 6) is 2.44. The Bertz CT molecular complexity index is 601. The van der Waals surface area contributed by atoms with Crippen molar-refractivity contribution >= 4 is 23.8 Å². The van der Waals surface area contributed by atoms with Crippen molar-refractivity contribution in [1.29, 1.82) is 0 Å². The van der Waals surface area contributed by atoms with Gasteiger partial charge in [0.25, 0.3) is 0 Å². The zero-order chi connectivity index (χ0) is 27.0. The molecule has 10 heteroatoms. The highest BCUT2D eigenvalue weighted by molar-refractivity contribution is 5.97. The number of unbranched alkanes of at least 4 members (excludes halogenated alkanes) is 5. The molecule has 0 saturated heterocycles. The fourth-order valence-corrected chi connectivity index (χ4v) is 3.69. The van der Waals surface area contributed by atoms with Crippen LogP contribution in [-0.4, -0.2) is 50.0 Å². The minimum absolute atomic E-state index is 0.316. The van der Waals surface area contributed by atoms with Crippen molar-refractivity contribution in [2.75, 3.05) is 26.2 Å². The maximum Gasteiger partial charge on any atom is 0.195 e. The molecule has 0 aliphatic rings. The van der Waals surface area contributed by atoms with Crippen molar-refractivity contribution in [3.05, 3.63) is 0 Å².